The fourth-order valence-electron chi connectivity index (χ4n) is 2.31. The Balaban J connectivity index is 2.37. The Morgan fingerprint density at radius 1 is 1.32 bits per heavy atom. The van der Waals surface area contributed by atoms with Crippen molar-refractivity contribution >= 4 is 45.7 Å². The van der Waals surface area contributed by atoms with Gasteiger partial charge in [0.15, 0.2) is 19.5 Å². The second-order valence-electron chi connectivity index (χ2n) is 5.79. The zero-order chi connectivity index (χ0) is 20.5. The molecule has 1 aromatic heterocycles. The van der Waals surface area contributed by atoms with E-state index in [0.717, 1.165) is 10.3 Å². The summed E-state index contributed by atoms with van der Waals surface area (Å²) in [6, 6.07) is 6.62. The van der Waals surface area contributed by atoms with E-state index in [1.54, 1.807) is 36.5 Å². The number of hydrogen-bond acceptors (Lipinski definition) is 5. The van der Waals surface area contributed by atoms with Crippen LogP contribution in [-0.2, 0) is 9.63 Å². The standard InChI is InChI=1S/C20H21BN3O3S/c1-5-6-7-14(2)12-17(15-8-10-16(11-9-15)24(26)27-4)19(25)23-20-22-13-18(21-3)28-20/h5-13H,1-4H3/p+1/b6-5-,14-7+,17-12+. The Kier molecular flexibility index (Phi) is 7.89. The van der Waals surface area contributed by atoms with Crippen LogP contribution in [0, 0.1) is 4.91 Å². The van der Waals surface area contributed by atoms with Crippen molar-refractivity contribution in [2.75, 3.05) is 12.4 Å². The molecule has 0 aliphatic rings. The number of nitrogens with one attached hydrogen (secondary N) is 1. The summed E-state index contributed by atoms with van der Waals surface area (Å²) in [6.45, 7) is 5.76. The second-order valence-corrected chi connectivity index (χ2v) is 6.85. The van der Waals surface area contributed by atoms with Gasteiger partial charge in [-0.3, -0.25) is 10.1 Å². The smallest absolute Gasteiger partial charge is 0.298 e. The van der Waals surface area contributed by atoms with Crippen molar-refractivity contribution in [2.24, 2.45) is 0 Å². The van der Waals surface area contributed by atoms with Gasteiger partial charge in [0.05, 0.1) is 4.91 Å². The predicted octanol–water partition coefficient (Wildman–Crippen LogP) is 4.04. The van der Waals surface area contributed by atoms with Crippen molar-refractivity contribution in [3.63, 3.8) is 0 Å². The van der Waals surface area contributed by atoms with E-state index >= 15 is 0 Å². The summed E-state index contributed by atoms with van der Waals surface area (Å²) < 4.78 is 0.976. The van der Waals surface area contributed by atoms with Gasteiger partial charge in [0, 0.05) is 23.9 Å². The lowest BCUT2D eigenvalue weighted by Crippen LogP contribution is -2.14. The molecular formula is C20H22BN3O3S+. The molecule has 143 valence electrons. The number of benzene rings is 1. The zero-order valence-electron chi connectivity index (χ0n) is 16.3. The summed E-state index contributed by atoms with van der Waals surface area (Å²) in [7, 11) is 3.22. The van der Waals surface area contributed by atoms with Crippen molar-refractivity contribution < 1.29 is 14.6 Å². The lowest BCUT2D eigenvalue weighted by atomic mass is 9.81. The molecule has 8 heteroatoms. The van der Waals surface area contributed by atoms with Crippen LogP contribution >= 0.6 is 11.3 Å². The summed E-state index contributed by atoms with van der Waals surface area (Å²) >= 11 is 1.40. The van der Waals surface area contributed by atoms with Crippen LogP contribution in [0.5, 0.6) is 0 Å². The third-order valence-electron chi connectivity index (χ3n) is 3.75. The van der Waals surface area contributed by atoms with E-state index in [2.05, 4.69) is 15.1 Å². The Morgan fingerprint density at radius 2 is 2.04 bits per heavy atom. The van der Waals surface area contributed by atoms with Crippen LogP contribution in [0.1, 0.15) is 19.4 Å². The van der Waals surface area contributed by atoms with Gasteiger partial charge in [-0.25, -0.2) is 9.82 Å². The normalized spacial score (nSPS) is 12.1. The van der Waals surface area contributed by atoms with E-state index in [1.165, 1.54) is 18.4 Å². The molecule has 1 N–H and O–H groups in total. The Hall–Kier alpha value is -3.00. The lowest BCUT2D eigenvalue weighted by molar-refractivity contribution is -0.736. The highest BCUT2D eigenvalue weighted by Gasteiger charge is 2.18. The van der Waals surface area contributed by atoms with Gasteiger partial charge in [-0.15, -0.1) is 11.3 Å². The summed E-state index contributed by atoms with van der Waals surface area (Å²) in [5.74, 6) is -0.274. The molecule has 0 bridgehead atoms. The number of hydrogen-bond donors (Lipinski definition) is 1. The molecule has 1 radical (unpaired) electrons. The largest absolute Gasteiger partial charge is 0.316 e. The zero-order valence-corrected chi connectivity index (χ0v) is 17.1. The number of allylic oxidation sites excluding steroid dienone is 5. The molecule has 0 spiro atoms. The van der Waals surface area contributed by atoms with Gasteiger partial charge in [0.2, 0.25) is 0 Å². The number of nitrogens with zero attached hydrogens (tertiary/aromatic N) is 2. The molecule has 1 heterocycles. The molecule has 1 amide bonds. The molecule has 2 rings (SSSR count). The Morgan fingerprint density at radius 3 is 2.61 bits per heavy atom. The lowest BCUT2D eigenvalue weighted by Gasteiger charge is -2.08. The van der Waals surface area contributed by atoms with Crippen LogP contribution in [0.25, 0.3) is 5.57 Å². The molecule has 0 atom stereocenters. The number of carbonyl (C=O) groups is 1. The number of carbonyl (C=O) groups excluding carboxylic acids is 1. The molecule has 0 fully saturated rings. The van der Waals surface area contributed by atoms with E-state index in [-0.39, 0.29) is 5.91 Å². The minimum atomic E-state index is -0.274. The summed E-state index contributed by atoms with van der Waals surface area (Å²) in [6.07, 6.45) is 9.25. The maximum Gasteiger partial charge on any atom is 0.316 e. The molecule has 0 saturated carbocycles. The Labute approximate surface area is 169 Å². The van der Waals surface area contributed by atoms with E-state index < -0.39 is 0 Å². The van der Waals surface area contributed by atoms with Crippen molar-refractivity contribution in [3.05, 3.63) is 70.8 Å². The molecule has 6 nitrogen and oxygen atoms in total. The minimum Gasteiger partial charge on any atom is -0.298 e. The number of amides is 1. The van der Waals surface area contributed by atoms with E-state index in [0.29, 0.717) is 26.9 Å². The highest BCUT2D eigenvalue weighted by molar-refractivity contribution is 7.24. The van der Waals surface area contributed by atoms with Crippen molar-refractivity contribution in [3.8, 4) is 0 Å². The van der Waals surface area contributed by atoms with Crippen LogP contribution in [0.3, 0.4) is 0 Å². The third kappa shape index (κ3) is 5.75. The number of thiazole rings is 1. The molecule has 0 aliphatic heterocycles. The quantitative estimate of drug-likeness (QED) is 0.317. The van der Waals surface area contributed by atoms with E-state index in [4.69, 9.17) is 0 Å². The van der Waals surface area contributed by atoms with Gasteiger partial charge in [-0.2, -0.15) is 0 Å². The maximum absolute atomic E-state index is 12.9. The van der Waals surface area contributed by atoms with Gasteiger partial charge in [-0.05, 0) is 42.4 Å². The van der Waals surface area contributed by atoms with Crippen LogP contribution in [0.4, 0.5) is 10.8 Å². The van der Waals surface area contributed by atoms with Gasteiger partial charge in [-0.1, -0.05) is 30.6 Å². The highest BCUT2D eigenvalue weighted by Crippen LogP contribution is 2.23. The SMILES string of the molecule is C[B]c1cnc(NC(=O)/C(=C/C(C)=C/C=C\C)c2ccc([N+](=O)OC)cc2)s1. The number of rotatable bonds is 8. The first-order valence-corrected chi connectivity index (χ1v) is 9.49. The molecule has 28 heavy (non-hydrogen) atoms. The molecule has 1 aromatic carbocycles. The topological polar surface area (TPSA) is 71.3 Å². The first-order valence-electron chi connectivity index (χ1n) is 8.68. The minimum absolute atomic E-state index is 0.274. The molecular weight excluding hydrogens is 373 g/mol. The summed E-state index contributed by atoms with van der Waals surface area (Å²) in [5, 5.41) is 3.37. The number of anilines is 1. The molecule has 2 aromatic rings. The molecule has 0 unspecified atom stereocenters. The van der Waals surface area contributed by atoms with Crippen molar-refractivity contribution in [1.82, 2.24) is 4.98 Å². The van der Waals surface area contributed by atoms with Gasteiger partial charge >= 0.3 is 5.69 Å². The third-order valence-corrected chi connectivity index (χ3v) is 4.73. The van der Waals surface area contributed by atoms with Crippen LogP contribution in [0.2, 0.25) is 6.82 Å². The first kappa shape index (κ1) is 21.3. The van der Waals surface area contributed by atoms with E-state index in [1.807, 2.05) is 46.2 Å². The average molecular weight is 395 g/mol. The van der Waals surface area contributed by atoms with Crippen LogP contribution in [0.15, 0.2) is 60.3 Å². The fraction of sp³-hybridized carbons (Fsp3) is 0.200. The maximum atomic E-state index is 12.9. The summed E-state index contributed by atoms with van der Waals surface area (Å²) in [5.41, 5.74) is 2.40. The monoisotopic (exact) mass is 395 g/mol. The van der Waals surface area contributed by atoms with Gasteiger partial charge < -0.3 is 0 Å². The summed E-state index contributed by atoms with van der Waals surface area (Å²) in [4.78, 5) is 33.8. The second kappa shape index (κ2) is 10.4. The van der Waals surface area contributed by atoms with Crippen LogP contribution in [-0.4, -0.2) is 30.2 Å². The van der Waals surface area contributed by atoms with Crippen molar-refractivity contribution in [1.29, 1.82) is 0 Å². The van der Waals surface area contributed by atoms with E-state index in [9.17, 15) is 9.70 Å². The Bertz CT molecular complexity index is 930. The predicted molar refractivity (Wildman–Crippen MR) is 115 cm³/mol. The average Bonchev–Trinajstić information content (AvgIpc) is 3.17. The molecule has 0 saturated heterocycles. The highest BCUT2D eigenvalue weighted by atomic mass is 32.1. The fourth-order valence-corrected chi connectivity index (χ4v) is 3.01. The first-order chi connectivity index (χ1) is 13.5. The molecule has 0 aliphatic carbocycles. The van der Waals surface area contributed by atoms with Crippen LogP contribution < -0.4 is 10.1 Å². The number of aromatic nitrogens is 1. The van der Waals surface area contributed by atoms with Gasteiger partial charge in [0.25, 0.3) is 10.8 Å². The van der Waals surface area contributed by atoms with Crippen molar-refractivity contribution in [2.45, 2.75) is 20.7 Å². The van der Waals surface area contributed by atoms with Gasteiger partial charge in [0.1, 0.15) is 0 Å².